The maximum absolute atomic E-state index is 11.8. The van der Waals surface area contributed by atoms with E-state index in [1.54, 1.807) is 0 Å². The van der Waals surface area contributed by atoms with E-state index < -0.39 is 6.09 Å². The van der Waals surface area contributed by atoms with Crippen molar-refractivity contribution < 1.29 is 19.1 Å². The van der Waals surface area contributed by atoms with Gasteiger partial charge in [0.25, 0.3) is 0 Å². The van der Waals surface area contributed by atoms with Crippen molar-refractivity contribution in [3.05, 3.63) is 30.3 Å². The van der Waals surface area contributed by atoms with Crippen LogP contribution in [-0.4, -0.2) is 30.9 Å². The average molecular weight is 391 g/mol. The van der Waals surface area contributed by atoms with Crippen molar-refractivity contribution >= 4 is 23.5 Å². The molecule has 0 aliphatic rings. The van der Waals surface area contributed by atoms with E-state index in [0.29, 0.717) is 26.0 Å². The minimum atomic E-state index is -0.403. The SMILES string of the molecule is CC(C)C(=O)CCCCCOC(=O)NCCCCCC(=O)Nc1ccccc1. The Morgan fingerprint density at radius 3 is 2.29 bits per heavy atom. The summed E-state index contributed by atoms with van der Waals surface area (Å²) in [5, 5.41) is 5.57. The smallest absolute Gasteiger partial charge is 0.407 e. The normalized spacial score (nSPS) is 10.5. The number of para-hydroxylation sites is 1. The van der Waals surface area contributed by atoms with Gasteiger partial charge in [0.05, 0.1) is 6.61 Å². The molecule has 0 aliphatic carbocycles. The van der Waals surface area contributed by atoms with Gasteiger partial charge in [-0.3, -0.25) is 9.59 Å². The highest BCUT2D eigenvalue weighted by Gasteiger charge is 2.06. The van der Waals surface area contributed by atoms with Gasteiger partial charge in [0, 0.05) is 31.0 Å². The number of ketones is 1. The van der Waals surface area contributed by atoms with Crippen molar-refractivity contribution in [2.75, 3.05) is 18.5 Å². The molecule has 0 aromatic heterocycles. The number of Topliss-reactive ketones (excluding diaryl/α,β-unsaturated/α-hetero) is 1. The fourth-order valence-corrected chi connectivity index (χ4v) is 2.61. The van der Waals surface area contributed by atoms with Crippen molar-refractivity contribution in [3.63, 3.8) is 0 Å². The number of ether oxygens (including phenoxy) is 1. The number of carbonyl (C=O) groups excluding carboxylic acids is 3. The summed E-state index contributed by atoms with van der Waals surface area (Å²) in [4.78, 5) is 34.8. The second-order valence-electron chi connectivity index (χ2n) is 7.22. The van der Waals surface area contributed by atoms with E-state index in [4.69, 9.17) is 4.74 Å². The molecular formula is C22H34N2O4. The lowest BCUT2D eigenvalue weighted by atomic mass is 10.0. The van der Waals surface area contributed by atoms with Crippen LogP contribution in [0.1, 0.15) is 65.2 Å². The number of nitrogens with one attached hydrogen (secondary N) is 2. The Balaban J connectivity index is 1.91. The number of hydrogen-bond acceptors (Lipinski definition) is 4. The monoisotopic (exact) mass is 390 g/mol. The molecule has 6 nitrogen and oxygen atoms in total. The third-order valence-corrected chi connectivity index (χ3v) is 4.35. The molecule has 0 spiro atoms. The molecule has 0 unspecified atom stereocenters. The molecule has 28 heavy (non-hydrogen) atoms. The van der Waals surface area contributed by atoms with Crippen LogP contribution in [0.15, 0.2) is 30.3 Å². The van der Waals surface area contributed by atoms with Gasteiger partial charge in [0.1, 0.15) is 5.78 Å². The topological polar surface area (TPSA) is 84.5 Å². The Bertz CT molecular complexity index is 587. The molecule has 2 N–H and O–H groups in total. The molecule has 156 valence electrons. The van der Waals surface area contributed by atoms with Crippen LogP contribution in [0.4, 0.5) is 10.5 Å². The Labute approximate surface area is 168 Å². The Morgan fingerprint density at radius 2 is 1.57 bits per heavy atom. The first-order valence-electron chi connectivity index (χ1n) is 10.3. The molecule has 0 heterocycles. The third kappa shape index (κ3) is 12.1. The van der Waals surface area contributed by atoms with Crippen LogP contribution in [0.2, 0.25) is 0 Å². The number of amides is 2. The molecule has 0 saturated heterocycles. The maximum atomic E-state index is 11.8. The zero-order valence-electron chi connectivity index (χ0n) is 17.2. The largest absolute Gasteiger partial charge is 0.450 e. The van der Waals surface area contributed by atoms with Crippen molar-refractivity contribution in [1.29, 1.82) is 0 Å². The van der Waals surface area contributed by atoms with Crippen LogP contribution >= 0.6 is 0 Å². The number of carbonyl (C=O) groups is 3. The highest BCUT2D eigenvalue weighted by Crippen LogP contribution is 2.08. The van der Waals surface area contributed by atoms with E-state index >= 15 is 0 Å². The quantitative estimate of drug-likeness (QED) is 0.451. The van der Waals surface area contributed by atoms with E-state index in [1.165, 1.54) is 0 Å². The fraction of sp³-hybridized carbons (Fsp3) is 0.591. The van der Waals surface area contributed by atoms with E-state index in [9.17, 15) is 14.4 Å². The van der Waals surface area contributed by atoms with Gasteiger partial charge < -0.3 is 15.4 Å². The minimum Gasteiger partial charge on any atom is -0.450 e. The van der Waals surface area contributed by atoms with E-state index in [1.807, 2.05) is 44.2 Å². The summed E-state index contributed by atoms with van der Waals surface area (Å²) in [6.07, 6.45) is 5.64. The number of alkyl carbamates (subject to hydrolysis) is 1. The van der Waals surface area contributed by atoms with Crippen LogP contribution in [0.25, 0.3) is 0 Å². The minimum absolute atomic E-state index is 0.00802. The molecule has 1 rings (SSSR count). The molecule has 1 aromatic carbocycles. The lowest BCUT2D eigenvalue weighted by molar-refractivity contribution is -0.122. The fourth-order valence-electron chi connectivity index (χ4n) is 2.61. The second-order valence-corrected chi connectivity index (χ2v) is 7.22. The van der Waals surface area contributed by atoms with Gasteiger partial charge in [-0.25, -0.2) is 4.79 Å². The van der Waals surface area contributed by atoms with Crippen LogP contribution in [-0.2, 0) is 14.3 Å². The molecular weight excluding hydrogens is 356 g/mol. The van der Waals surface area contributed by atoms with Crippen LogP contribution < -0.4 is 10.6 Å². The standard InChI is InChI=1S/C22H34N2O4/c1-18(2)20(25)14-8-5-11-17-28-22(27)23-16-10-4-9-15-21(26)24-19-12-6-3-7-13-19/h3,6-7,12-13,18H,4-5,8-11,14-17H2,1-2H3,(H,23,27)(H,24,26). The lowest BCUT2D eigenvalue weighted by Crippen LogP contribution is -2.25. The number of anilines is 1. The Kier molecular flexibility index (Phi) is 12.4. The third-order valence-electron chi connectivity index (χ3n) is 4.35. The molecule has 6 heteroatoms. The van der Waals surface area contributed by atoms with Crippen molar-refractivity contribution in [3.8, 4) is 0 Å². The van der Waals surface area contributed by atoms with Gasteiger partial charge in [0.15, 0.2) is 0 Å². The molecule has 0 saturated carbocycles. The predicted molar refractivity (Wildman–Crippen MR) is 111 cm³/mol. The summed E-state index contributed by atoms with van der Waals surface area (Å²) in [6.45, 7) is 4.74. The second kappa shape index (κ2) is 14.7. The summed E-state index contributed by atoms with van der Waals surface area (Å²) >= 11 is 0. The first-order chi connectivity index (χ1) is 13.5. The number of hydrogen-bond donors (Lipinski definition) is 2. The van der Waals surface area contributed by atoms with Crippen molar-refractivity contribution in [2.24, 2.45) is 5.92 Å². The van der Waals surface area contributed by atoms with E-state index in [0.717, 1.165) is 44.2 Å². The maximum Gasteiger partial charge on any atom is 0.407 e. The Hall–Kier alpha value is -2.37. The lowest BCUT2D eigenvalue weighted by Gasteiger charge is -2.08. The van der Waals surface area contributed by atoms with Gasteiger partial charge in [0.2, 0.25) is 5.91 Å². The predicted octanol–water partition coefficient (Wildman–Crippen LogP) is 4.70. The number of unbranched alkanes of at least 4 members (excludes halogenated alkanes) is 4. The highest BCUT2D eigenvalue weighted by atomic mass is 16.5. The number of rotatable bonds is 14. The summed E-state index contributed by atoms with van der Waals surface area (Å²) < 4.78 is 5.11. The van der Waals surface area contributed by atoms with Crippen molar-refractivity contribution in [1.82, 2.24) is 5.32 Å². The molecule has 2 amide bonds. The molecule has 0 atom stereocenters. The van der Waals surface area contributed by atoms with Gasteiger partial charge in [-0.15, -0.1) is 0 Å². The summed E-state index contributed by atoms with van der Waals surface area (Å²) in [5.41, 5.74) is 0.809. The van der Waals surface area contributed by atoms with Crippen LogP contribution in [0.3, 0.4) is 0 Å². The van der Waals surface area contributed by atoms with Gasteiger partial charge in [-0.05, 0) is 44.2 Å². The molecule has 0 aliphatic heterocycles. The average Bonchev–Trinajstić information content (AvgIpc) is 2.67. The molecule has 0 radical (unpaired) electrons. The van der Waals surface area contributed by atoms with E-state index in [2.05, 4.69) is 10.6 Å². The van der Waals surface area contributed by atoms with Crippen molar-refractivity contribution in [2.45, 2.75) is 65.2 Å². The summed E-state index contributed by atoms with van der Waals surface area (Å²) in [6, 6.07) is 9.39. The molecule has 0 fully saturated rings. The zero-order chi connectivity index (χ0) is 20.6. The zero-order valence-corrected chi connectivity index (χ0v) is 17.2. The number of benzene rings is 1. The molecule has 0 bridgehead atoms. The van der Waals surface area contributed by atoms with Gasteiger partial charge in [-0.1, -0.05) is 38.5 Å². The molecule has 1 aromatic rings. The summed E-state index contributed by atoms with van der Waals surface area (Å²) in [5.74, 6) is 0.394. The van der Waals surface area contributed by atoms with E-state index in [-0.39, 0.29) is 17.6 Å². The first-order valence-corrected chi connectivity index (χ1v) is 10.3. The highest BCUT2D eigenvalue weighted by molar-refractivity contribution is 5.90. The van der Waals surface area contributed by atoms with Gasteiger partial charge >= 0.3 is 6.09 Å². The first kappa shape index (κ1) is 23.7. The summed E-state index contributed by atoms with van der Waals surface area (Å²) in [7, 11) is 0. The Morgan fingerprint density at radius 1 is 0.893 bits per heavy atom. The van der Waals surface area contributed by atoms with Crippen LogP contribution in [0.5, 0.6) is 0 Å². The van der Waals surface area contributed by atoms with Gasteiger partial charge in [-0.2, -0.15) is 0 Å². The van der Waals surface area contributed by atoms with Crippen LogP contribution in [0, 0.1) is 5.92 Å².